The maximum absolute atomic E-state index is 11.9. The Morgan fingerprint density at radius 3 is 2.79 bits per heavy atom. The fourth-order valence-corrected chi connectivity index (χ4v) is 2.88. The van der Waals surface area contributed by atoms with Gasteiger partial charge in [-0.25, -0.2) is 13.2 Å². The molecule has 0 atom stereocenters. The highest BCUT2D eigenvalue weighted by molar-refractivity contribution is 7.89. The largest absolute Gasteiger partial charge is 0.505 e. The summed E-state index contributed by atoms with van der Waals surface area (Å²) in [5.41, 5.74) is -0.438. The highest BCUT2D eigenvalue weighted by Gasteiger charge is 2.33. The normalized spacial score (nSPS) is 16.2. The first-order valence-corrected chi connectivity index (χ1v) is 6.79. The van der Waals surface area contributed by atoms with Gasteiger partial charge in [-0.3, -0.25) is 4.72 Å². The van der Waals surface area contributed by atoms with Gasteiger partial charge < -0.3 is 9.84 Å². The molecule has 0 saturated heterocycles. The van der Waals surface area contributed by atoms with Crippen molar-refractivity contribution in [2.24, 2.45) is 0 Å². The topological polar surface area (TPSA) is 92.7 Å². The molecular weight excluding hydrogens is 270 g/mol. The van der Waals surface area contributed by atoms with E-state index in [0.717, 1.165) is 0 Å². The fourth-order valence-electron chi connectivity index (χ4n) is 1.61. The number of ether oxygens (including phenoxy) is 1. The molecule has 0 radical (unpaired) electrons. The molecule has 0 aliphatic carbocycles. The Morgan fingerprint density at radius 1 is 1.42 bits per heavy atom. The van der Waals surface area contributed by atoms with Gasteiger partial charge in [0.1, 0.15) is 6.61 Å². The molecule has 7 heteroatoms. The number of carbonyl (C=O) groups is 1. The fraction of sp³-hybridized carbons (Fsp3) is 0.0833. The Labute approximate surface area is 110 Å². The van der Waals surface area contributed by atoms with Crippen molar-refractivity contribution >= 4 is 21.8 Å². The Kier molecular flexibility index (Phi) is 3.30. The van der Waals surface area contributed by atoms with Gasteiger partial charge in [0.15, 0.2) is 11.5 Å². The van der Waals surface area contributed by atoms with Crippen LogP contribution in [0.25, 0.3) is 5.76 Å². The molecule has 0 fully saturated rings. The summed E-state index contributed by atoms with van der Waals surface area (Å²) < 4.78 is 30.6. The molecule has 1 aliphatic heterocycles. The first-order chi connectivity index (χ1) is 8.97. The molecule has 0 aromatic heterocycles. The number of fused-ring (bicyclic) bond motifs is 1. The van der Waals surface area contributed by atoms with E-state index < -0.39 is 27.4 Å². The van der Waals surface area contributed by atoms with E-state index in [1.54, 1.807) is 6.07 Å². The lowest BCUT2D eigenvalue weighted by Gasteiger charge is -2.20. The summed E-state index contributed by atoms with van der Waals surface area (Å²) >= 11 is 0. The van der Waals surface area contributed by atoms with Gasteiger partial charge >= 0.3 is 5.97 Å². The van der Waals surface area contributed by atoms with Crippen LogP contribution in [0.4, 0.5) is 0 Å². The van der Waals surface area contributed by atoms with E-state index in [0.29, 0.717) is 0 Å². The standard InChI is InChI=1S/C12H11NO5S/c1-2-7-18-12(15)10-11(14)8-5-3-4-6-9(8)19(16,17)13-10/h2-6,13-14H,1,7H2. The smallest absolute Gasteiger partial charge is 0.359 e. The zero-order chi connectivity index (χ0) is 14.0. The SMILES string of the molecule is C=CCOC(=O)C1=C(O)c2ccccc2S(=O)(=O)N1. The molecule has 100 valence electrons. The molecule has 1 aromatic rings. The highest BCUT2D eigenvalue weighted by Crippen LogP contribution is 2.28. The van der Waals surface area contributed by atoms with E-state index in [1.165, 1.54) is 24.3 Å². The maximum Gasteiger partial charge on any atom is 0.359 e. The van der Waals surface area contributed by atoms with Gasteiger partial charge in [0.05, 0.1) is 4.90 Å². The summed E-state index contributed by atoms with van der Waals surface area (Å²) in [4.78, 5) is 11.6. The van der Waals surface area contributed by atoms with Crippen LogP contribution in [0.1, 0.15) is 5.56 Å². The molecule has 0 spiro atoms. The van der Waals surface area contributed by atoms with Crippen molar-refractivity contribution < 1.29 is 23.1 Å². The summed E-state index contributed by atoms with van der Waals surface area (Å²) in [5, 5.41) is 9.95. The van der Waals surface area contributed by atoms with Gasteiger partial charge in [-0.05, 0) is 12.1 Å². The van der Waals surface area contributed by atoms with Crippen LogP contribution < -0.4 is 4.72 Å². The zero-order valence-corrected chi connectivity index (χ0v) is 10.6. The van der Waals surface area contributed by atoms with E-state index >= 15 is 0 Å². The lowest BCUT2D eigenvalue weighted by Crippen LogP contribution is -2.33. The number of aliphatic hydroxyl groups excluding tert-OH is 1. The Morgan fingerprint density at radius 2 is 2.11 bits per heavy atom. The second kappa shape index (κ2) is 4.77. The van der Waals surface area contributed by atoms with Crippen LogP contribution in [-0.2, 0) is 19.6 Å². The minimum Gasteiger partial charge on any atom is -0.505 e. The molecule has 0 unspecified atom stereocenters. The van der Waals surface area contributed by atoms with Gasteiger partial charge in [0, 0.05) is 5.56 Å². The van der Waals surface area contributed by atoms with E-state index in [4.69, 9.17) is 4.74 Å². The Hall–Kier alpha value is -2.28. The van der Waals surface area contributed by atoms with Gasteiger partial charge in [-0.2, -0.15) is 0 Å². The second-order valence-corrected chi connectivity index (χ2v) is 5.36. The average molecular weight is 281 g/mol. The quantitative estimate of drug-likeness (QED) is 0.635. The number of carbonyl (C=O) groups excluding carboxylic acids is 1. The Balaban J connectivity index is 2.52. The Bertz CT molecular complexity index is 675. The van der Waals surface area contributed by atoms with Crippen molar-refractivity contribution in [1.29, 1.82) is 0 Å². The minimum atomic E-state index is -3.89. The van der Waals surface area contributed by atoms with Crippen LogP contribution in [0, 0.1) is 0 Å². The van der Waals surface area contributed by atoms with Crippen molar-refractivity contribution in [3.05, 3.63) is 48.2 Å². The van der Waals surface area contributed by atoms with E-state index in [9.17, 15) is 18.3 Å². The highest BCUT2D eigenvalue weighted by atomic mass is 32.2. The van der Waals surface area contributed by atoms with E-state index in [-0.39, 0.29) is 17.1 Å². The minimum absolute atomic E-state index is 0.0619. The van der Waals surface area contributed by atoms with Crippen LogP contribution >= 0.6 is 0 Å². The molecule has 2 N–H and O–H groups in total. The molecule has 19 heavy (non-hydrogen) atoms. The number of rotatable bonds is 3. The molecule has 1 aliphatic rings. The third-order valence-corrected chi connectivity index (χ3v) is 3.85. The third kappa shape index (κ3) is 2.32. The summed E-state index contributed by atoms with van der Waals surface area (Å²) in [6.45, 7) is 3.28. The second-order valence-electron chi connectivity index (χ2n) is 3.71. The van der Waals surface area contributed by atoms with Crippen LogP contribution in [0.3, 0.4) is 0 Å². The van der Waals surface area contributed by atoms with Gasteiger partial charge in [0.25, 0.3) is 10.0 Å². The van der Waals surface area contributed by atoms with Crippen molar-refractivity contribution in [3.63, 3.8) is 0 Å². The van der Waals surface area contributed by atoms with Crippen LogP contribution in [0.5, 0.6) is 0 Å². The van der Waals surface area contributed by atoms with Gasteiger partial charge in [-0.15, -0.1) is 0 Å². The number of hydrogen-bond donors (Lipinski definition) is 2. The first-order valence-electron chi connectivity index (χ1n) is 5.31. The van der Waals surface area contributed by atoms with Crippen molar-refractivity contribution in [2.45, 2.75) is 4.90 Å². The number of hydrogen-bond acceptors (Lipinski definition) is 5. The summed E-state index contributed by atoms with van der Waals surface area (Å²) in [7, 11) is -3.89. The van der Waals surface area contributed by atoms with Crippen LogP contribution in [-0.4, -0.2) is 26.1 Å². The predicted octanol–water partition coefficient (Wildman–Crippen LogP) is 0.934. The number of esters is 1. The lowest BCUT2D eigenvalue weighted by atomic mass is 10.1. The van der Waals surface area contributed by atoms with Crippen LogP contribution in [0.15, 0.2) is 47.5 Å². The average Bonchev–Trinajstić information content (AvgIpc) is 2.40. The first kappa shape index (κ1) is 13.2. The third-order valence-electron chi connectivity index (χ3n) is 2.44. The van der Waals surface area contributed by atoms with E-state index in [2.05, 4.69) is 6.58 Å². The number of nitrogens with one attached hydrogen (secondary N) is 1. The van der Waals surface area contributed by atoms with Gasteiger partial charge in [0.2, 0.25) is 0 Å². The molecule has 6 nitrogen and oxygen atoms in total. The predicted molar refractivity (Wildman–Crippen MR) is 67.5 cm³/mol. The number of aliphatic hydroxyl groups is 1. The lowest BCUT2D eigenvalue weighted by molar-refractivity contribution is -0.138. The maximum atomic E-state index is 11.9. The van der Waals surface area contributed by atoms with Crippen molar-refractivity contribution in [1.82, 2.24) is 4.72 Å². The summed E-state index contributed by atoms with van der Waals surface area (Å²) in [5.74, 6) is -1.42. The summed E-state index contributed by atoms with van der Waals surface area (Å²) in [6, 6.07) is 5.82. The van der Waals surface area contributed by atoms with Gasteiger partial charge in [-0.1, -0.05) is 24.8 Å². The van der Waals surface area contributed by atoms with Crippen molar-refractivity contribution in [3.8, 4) is 0 Å². The molecule has 1 heterocycles. The molecule has 0 bridgehead atoms. The molecule has 2 rings (SSSR count). The summed E-state index contributed by atoms with van der Waals surface area (Å²) in [6.07, 6.45) is 1.33. The molecule has 0 amide bonds. The molecule has 1 aromatic carbocycles. The van der Waals surface area contributed by atoms with Crippen molar-refractivity contribution in [2.75, 3.05) is 6.61 Å². The number of benzene rings is 1. The monoisotopic (exact) mass is 281 g/mol. The molecule has 0 saturated carbocycles. The zero-order valence-electron chi connectivity index (χ0n) is 9.79. The van der Waals surface area contributed by atoms with E-state index in [1.807, 2.05) is 4.72 Å². The number of sulfonamides is 1. The van der Waals surface area contributed by atoms with Crippen LogP contribution in [0.2, 0.25) is 0 Å². The molecular formula is C12H11NO5S.